The predicted octanol–water partition coefficient (Wildman–Crippen LogP) is 2.14. The van der Waals surface area contributed by atoms with Gasteiger partial charge in [0.1, 0.15) is 0 Å². The maximum absolute atomic E-state index is 12.7. The second-order valence-electron chi connectivity index (χ2n) is 6.20. The van der Waals surface area contributed by atoms with Gasteiger partial charge in [-0.05, 0) is 36.8 Å². The standard InChI is InChI=1S/C18H27N3O2/c1-3-13-5-6-14-11-19-7-9-21-12-15(16(13)17(14)21)18(22)20-8-10-23-4-2/h6,12-13,19H,3-5,7-11H2,1-2H3,(H,20,22). The molecule has 0 radical (unpaired) electrons. The molecule has 0 bridgehead atoms. The molecule has 1 aliphatic heterocycles. The van der Waals surface area contributed by atoms with Gasteiger partial charge in [0, 0.05) is 44.7 Å². The van der Waals surface area contributed by atoms with Gasteiger partial charge in [0.2, 0.25) is 0 Å². The molecule has 2 N–H and O–H groups in total. The van der Waals surface area contributed by atoms with E-state index in [-0.39, 0.29) is 5.91 Å². The van der Waals surface area contributed by atoms with Gasteiger partial charge in [0.15, 0.2) is 0 Å². The van der Waals surface area contributed by atoms with E-state index in [0.717, 1.165) is 38.0 Å². The fourth-order valence-electron chi connectivity index (χ4n) is 3.62. The smallest absolute Gasteiger partial charge is 0.253 e. The average molecular weight is 317 g/mol. The first kappa shape index (κ1) is 16.3. The van der Waals surface area contributed by atoms with Crippen molar-refractivity contribution in [2.75, 3.05) is 32.8 Å². The third-order valence-corrected chi connectivity index (χ3v) is 4.80. The summed E-state index contributed by atoms with van der Waals surface area (Å²) in [7, 11) is 0. The van der Waals surface area contributed by atoms with Crippen LogP contribution in [0.4, 0.5) is 0 Å². The van der Waals surface area contributed by atoms with Gasteiger partial charge in [-0.2, -0.15) is 0 Å². The minimum atomic E-state index is 0.0351. The lowest BCUT2D eigenvalue weighted by molar-refractivity contribution is 0.0921. The van der Waals surface area contributed by atoms with E-state index in [1.54, 1.807) is 0 Å². The van der Waals surface area contributed by atoms with Crippen LogP contribution in [0.15, 0.2) is 12.3 Å². The Morgan fingerprint density at radius 3 is 3.13 bits per heavy atom. The molecule has 1 aromatic rings. The molecule has 0 spiro atoms. The Kier molecular flexibility index (Phi) is 5.18. The zero-order valence-electron chi connectivity index (χ0n) is 14.2. The highest BCUT2D eigenvalue weighted by molar-refractivity contribution is 5.97. The summed E-state index contributed by atoms with van der Waals surface area (Å²) in [6.45, 7) is 8.75. The van der Waals surface area contributed by atoms with Gasteiger partial charge >= 0.3 is 0 Å². The summed E-state index contributed by atoms with van der Waals surface area (Å²) in [5.74, 6) is 0.480. The first-order valence-corrected chi connectivity index (χ1v) is 8.75. The molecule has 2 aliphatic rings. The lowest BCUT2D eigenvalue weighted by Crippen LogP contribution is -2.28. The molecule has 3 rings (SSSR count). The number of carbonyl (C=O) groups is 1. The number of nitrogens with one attached hydrogen (secondary N) is 2. The van der Waals surface area contributed by atoms with Gasteiger partial charge < -0.3 is 19.9 Å². The zero-order valence-corrected chi connectivity index (χ0v) is 14.2. The SMILES string of the molecule is CCOCCNC(=O)c1cn2c3c1C(CC)CC=C3CNCC2. The highest BCUT2D eigenvalue weighted by atomic mass is 16.5. The van der Waals surface area contributed by atoms with Gasteiger partial charge in [-0.3, -0.25) is 4.79 Å². The van der Waals surface area contributed by atoms with Crippen molar-refractivity contribution in [3.8, 4) is 0 Å². The van der Waals surface area contributed by atoms with Crippen LogP contribution in [0, 0.1) is 0 Å². The summed E-state index contributed by atoms with van der Waals surface area (Å²) < 4.78 is 7.57. The highest BCUT2D eigenvalue weighted by Gasteiger charge is 2.30. The molecule has 5 heteroatoms. The molecule has 5 nitrogen and oxygen atoms in total. The number of aromatic nitrogens is 1. The summed E-state index contributed by atoms with van der Waals surface area (Å²) >= 11 is 0. The minimum absolute atomic E-state index is 0.0351. The normalized spacial score (nSPS) is 19.7. The van der Waals surface area contributed by atoms with Crippen LogP contribution in [-0.2, 0) is 11.3 Å². The molecular formula is C18H27N3O2. The van der Waals surface area contributed by atoms with Crippen LogP contribution in [0.1, 0.15) is 54.2 Å². The van der Waals surface area contributed by atoms with Gasteiger partial charge in [-0.25, -0.2) is 0 Å². The number of amides is 1. The molecule has 1 atom stereocenters. The number of nitrogens with zero attached hydrogens (tertiary/aromatic N) is 1. The molecular weight excluding hydrogens is 290 g/mol. The van der Waals surface area contributed by atoms with E-state index < -0.39 is 0 Å². The molecule has 1 unspecified atom stereocenters. The number of rotatable bonds is 6. The van der Waals surface area contributed by atoms with E-state index in [1.165, 1.54) is 16.8 Å². The fourth-order valence-corrected chi connectivity index (χ4v) is 3.62. The first-order valence-electron chi connectivity index (χ1n) is 8.75. The van der Waals surface area contributed by atoms with Crippen LogP contribution in [0.2, 0.25) is 0 Å². The van der Waals surface area contributed by atoms with Crippen LogP contribution < -0.4 is 10.6 Å². The van der Waals surface area contributed by atoms with Crippen LogP contribution in [0.5, 0.6) is 0 Å². The van der Waals surface area contributed by atoms with E-state index in [4.69, 9.17) is 4.74 Å². The summed E-state index contributed by atoms with van der Waals surface area (Å²) in [6, 6.07) is 0. The lowest BCUT2D eigenvalue weighted by Gasteiger charge is -2.23. The lowest BCUT2D eigenvalue weighted by atomic mass is 9.83. The molecule has 2 heterocycles. The van der Waals surface area contributed by atoms with Crippen molar-refractivity contribution in [3.05, 3.63) is 29.1 Å². The van der Waals surface area contributed by atoms with Crippen LogP contribution in [-0.4, -0.2) is 43.3 Å². The molecule has 0 saturated heterocycles. The molecule has 1 aromatic heterocycles. The number of hydrogen-bond donors (Lipinski definition) is 2. The highest BCUT2D eigenvalue weighted by Crippen LogP contribution is 2.40. The van der Waals surface area contributed by atoms with E-state index in [9.17, 15) is 4.79 Å². The van der Waals surface area contributed by atoms with Gasteiger partial charge in [-0.1, -0.05) is 13.0 Å². The number of hydrogen-bond acceptors (Lipinski definition) is 3. The van der Waals surface area contributed by atoms with Crippen molar-refractivity contribution in [2.45, 2.75) is 39.2 Å². The van der Waals surface area contributed by atoms with E-state index >= 15 is 0 Å². The number of ether oxygens (including phenoxy) is 1. The Labute approximate surface area is 138 Å². The Hall–Kier alpha value is -1.59. The third-order valence-electron chi connectivity index (χ3n) is 4.80. The Morgan fingerprint density at radius 2 is 2.35 bits per heavy atom. The predicted molar refractivity (Wildman–Crippen MR) is 91.8 cm³/mol. The minimum Gasteiger partial charge on any atom is -0.380 e. The van der Waals surface area contributed by atoms with Crippen molar-refractivity contribution >= 4 is 11.5 Å². The Morgan fingerprint density at radius 1 is 1.48 bits per heavy atom. The van der Waals surface area contributed by atoms with Gasteiger partial charge in [0.05, 0.1) is 12.2 Å². The van der Waals surface area contributed by atoms with Crippen molar-refractivity contribution in [1.29, 1.82) is 0 Å². The average Bonchev–Trinajstić information content (AvgIpc) is 2.83. The van der Waals surface area contributed by atoms with Gasteiger partial charge in [0.25, 0.3) is 5.91 Å². The molecule has 1 aliphatic carbocycles. The largest absolute Gasteiger partial charge is 0.380 e. The van der Waals surface area contributed by atoms with Crippen LogP contribution in [0.3, 0.4) is 0 Å². The van der Waals surface area contributed by atoms with E-state index in [2.05, 4.69) is 34.4 Å². The van der Waals surface area contributed by atoms with Crippen molar-refractivity contribution < 1.29 is 9.53 Å². The first-order chi connectivity index (χ1) is 11.3. The molecule has 0 fully saturated rings. The third kappa shape index (κ3) is 3.21. The maximum Gasteiger partial charge on any atom is 0.253 e. The summed E-state index contributed by atoms with van der Waals surface area (Å²) in [5, 5.41) is 6.47. The molecule has 0 aromatic carbocycles. The quantitative estimate of drug-likeness (QED) is 0.790. The van der Waals surface area contributed by atoms with Crippen molar-refractivity contribution in [3.63, 3.8) is 0 Å². The molecule has 1 amide bonds. The second-order valence-corrected chi connectivity index (χ2v) is 6.20. The molecule has 23 heavy (non-hydrogen) atoms. The molecule has 126 valence electrons. The van der Waals surface area contributed by atoms with E-state index in [1.807, 2.05) is 6.92 Å². The summed E-state index contributed by atoms with van der Waals surface area (Å²) in [5.41, 5.74) is 4.73. The van der Waals surface area contributed by atoms with E-state index in [0.29, 0.717) is 25.7 Å². The Bertz CT molecular complexity index is 604. The van der Waals surface area contributed by atoms with Crippen LogP contribution >= 0.6 is 0 Å². The fraction of sp³-hybridized carbons (Fsp3) is 0.611. The topological polar surface area (TPSA) is 55.3 Å². The second kappa shape index (κ2) is 7.32. The monoisotopic (exact) mass is 317 g/mol. The van der Waals surface area contributed by atoms with Crippen molar-refractivity contribution in [1.82, 2.24) is 15.2 Å². The van der Waals surface area contributed by atoms with Gasteiger partial charge in [-0.15, -0.1) is 0 Å². The summed E-state index contributed by atoms with van der Waals surface area (Å²) in [6.07, 6.45) is 6.49. The number of carbonyl (C=O) groups excluding carboxylic acids is 1. The zero-order chi connectivity index (χ0) is 16.2. The molecule has 0 saturated carbocycles. The summed E-state index contributed by atoms with van der Waals surface area (Å²) in [4.78, 5) is 12.7. The number of allylic oxidation sites excluding steroid dienone is 1. The van der Waals surface area contributed by atoms with Crippen LogP contribution in [0.25, 0.3) is 5.57 Å². The Balaban J connectivity index is 1.89. The maximum atomic E-state index is 12.7. The van der Waals surface area contributed by atoms with Crippen molar-refractivity contribution in [2.24, 2.45) is 0 Å².